The van der Waals surface area contributed by atoms with Crippen molar-refractivity contribution in [2.75, 3.05) is 18.8 Å². The van der Waals surface area contributed by atoms with Crippen LogP contribution < -0.4 is 0 Å². The van der Waals surface area contributed by atoms with E-state index in [0.29, 0.717) is 12.8 Å². The number of carboxylic acid groups (broad SMARTS) is 1. The van der Waals surface area contributed by atoms with Crippen LogP contribution in [0.5, 0.6) is 0 Å². The van der Waals surface area contributed by atoms with Crippen LogP contribution in [0, 0.1) is 5.92 Å². The molecule has 23 heavy (non-hydrogen) atoms. The predicted molar refractivity (Wildman–Crippen MR) is 75.8 cm³/mol. The standard InChI is InChI=1S/C14H16F3NO4S/c15-14(16,17)11-1-3-12(4-2-11)23(21,22)9-10-5-7-18(8-6-10)13(19)20/h1-4,10H,5-9H2,(H,19,20). The predicted octanol–water partition coefficient (Wildman–Crippen LogP) is 2.87. The Morgan fingerprint density at radius 2 is 1.70 bits per heavy atom. The number of rotatable bonds is 3. The molecule has 5 nitrogen and oxygen atoms in total. The van der Waals surface area contributed by atoms with E-state index in [4.69, 9.17) is 5.11 Å². The van der Waals surface area contributed by atoms with Crippen molar-refractivity contribution in [1.29, 1.82) is 0 Å². The zero-order valence-corrected chi connectivity index (χ0v) is 12.9. The molecule has 1 saturated heterocycles. The van der Waals surface area contributed by atoms with Crippen LogP contribution in [0.3, 0.4) is 0 Å². The Balaban J connectivity index is 2.04. The third-order valence-electron chi connectivity index (χ3n) is 3.88. The van der Waals surface area contributed by atoms with E-state index >= 15 is 0 Å². The van der Waals surface area contributed by atoms with Crippen LogP contribution in [0.2, 0.25) is 0 Å². The van der Waals surface area contributed by atoms with Crippen molar-refractivity contribution in [1.82, 2.24) is 4.90 Å². The second kappa shape index (κ2) is 6.38. The first-order chi connectivity index (χ1) is 10.6. The lowest BCUT2D eigenvalue weighted by Gasteiger charge is -2.29. The van der Waals surface area contributed by atoms with Gasteiger partial charge >= 0.3 is 12.3 Å². The molecule has 0 atom stereocenters. The molecule has 0 saturated carbocycles. The maximum atomic E-state index is 12.5. The molecular weight excluding hydrogens is 335 g/mol. The molecule has 0 aliphatic carbocycles. The number of benzene rings is 1. The molecule has 1 heterocycles. The van der Waals surface area contributed by atoms with Gasteiger partial charge in [0.1, 0.15) is 0 Å². The van der Waals surface area contributed by atoms with Crippen molar-refractivity contribution in [3.05, 3.63) is 29.8 Å². The van der Waals surface area contributed by atoms with Crippen LogP contribution >= 0.6 is 0 Å². The van der Waals surface area contributed by atoms with E-state index in [9.17, 15) is 26.4 Å². The van der Waals surface area contributed by atoms with E-state index in [1.165, 1.54) is 4.90 Å². The van der Waals surface area contributed by atoms with Gasteiger partial charge in [-0.25, -0.2) is 13.2 Å². The average molecular weight is 351 g/mol. The highest BCUT2D eigenvalue weighted by molar-refractivity contribution is 7.91. The van der Waals surface area contributed by atoms with E-state index < -0.39 is 27.7 Å². The molecule has 1 amide bonds. The Kier molecular flexibility index (Phi) is 4.88. The van der Waals surface area contributed by atoms with E-state index in [-0.39, 0.29) is 29.7 Å². The Labute approximate surface area is 131 Å². The second-order valence-electron chi connectivity index (χ2n) is 5.52. The summed E-state index contributed by atoms with van der Waals surface area (Å²) in [6, 6.07) is 3.43. The van der Waals surface area contributed by atoms with Gasteiger partial charge in [0.15, 0.2) is 9.84 Å². The number of amides is 1. The molecule has 1 N–H and O–H groups in total. The zero-order valence-electron chi connectivity index (χ0n) is 12.1. The van der Waals surface area contributed by atoms with Gasteiger partial charge in [0.05, 0.1) is 16.2 Å². The number of piperidine rings is 1. The molecular formula is C14H16F3NO4S. The van der Waals surface area contributed by atoms with Gasteiger partial charge in [0.25, 0.3) is 0 Å². The molecule has 1 aliphatic heterocycles. The maximum absolute atomic E-state index is 12.5. The molecule has 0 radical (unpaired) electrons. The highest BCUT2D eigenvalue weighted by Gasteiger charge is 2.31. The monoisotopic (exact) mass is 351 g/mol. The summed E-state index contributed by atoms with van der Waals surface area (Å²) in [5.41, 5.74) is -0.897. The van der Waals surface area contributed by atoms with Gasteiger partial charge in [0.2, 0.25) is 0 Å². The van der Waals surface area contributed by atoms with E-state index in [1.54, 1.807) is 0 Å². The molecule has 0 bridgehead atoms. The average Bonchev–Trinajstić information content (AvgIpc) is 2.46. The number of likely N-dealkylation sites (tertiary alicyclic amines) is 1. The molecule has 1 fully saturated rings. The Hall–Kier alpha value is -1.77. The molecule has 1 aromatic carbocycles. The summed E-state index contributed by atoms with van der Waals surface area (Å²) in [5, 5.41) is 8.84. The highest BCUT2D eigenvalue weighted by atomic mass is 32.2. The zero-order chi connectivity index (χ0) is 17.3. The van der Waals surface area contributed by atoms with E-state index in [2.05, 4.69) is 0 Å². The van der Waals surface area contributed by atoms with Gasteiger partial charge < -0.3 is 10.0 Å². The van der Waals surface area contributed by atoms with Crippen LogP contribution in [0.4, 0.5) is 18.0 Å². The number of alkyl halides is 3. The largest absolute Gasteiger partial charge is 0.465 e. The molecule has 0 unspecified atom stereocenters. The minimum Gasteiger partial charge on any atom is -0.465 e. The first-order valence-electron chi connectivity index (χ1n) is 6.97. The number of sulfone groups is 1. The molecule has 0 aromatic heterocycles. The Morgan fingerprint density at radius 3 is 2.13 bits per heavy atom. The van der Waals surface area contributed by atoms with Crippen molar-refractivity contribution in [2.24, 2.45) is 5.92 Å². The summed E-state index contributed by atoms with van der Waals surface area (Å²) >= 11 is 0. The topological polar surface area (TPSA) is 74.7 Å². The second-order valence-corrected chi connectivity index (χ2v) is 7.55. The van der Waals surface area contributed by atoms with Crippen molar-refractivity contribution in [3.63, 3.8) is 0 Å². The Bertz CT molecular complexity index is 662. The maximum Gasteiger partial charge on any atom is 0.416 e. The smallest absolute Gasteiger partial charge is 0.416 e. The molecule has 0 spiro atoms. The van der Waals surface area contributed by atoms with Crippen LogP contribution in [0.1, 0.15) is 18.4 Å². The first kappa shape index (κ1) is 17.6. The van der Waals surface area contributed by atoms with E-state index in [0.717, 1.165) is 24.3 Å². The van der Waals surface area contributed by atoms with Crippen LogP contribution in [0.25, 0.3) is 0 Å². The summed E-state index contributed by atoms with van der Waals surface area (Å²) < 4.78 is 62.0. The lowest BCUT2D eigenvalue weighted by Crippen LogP contribution is -2.39. The van der Waals surface area contributed by atoms with Crippen molar-refractivity contribution in [3.8, 4) is 0 Å². The lowest BCUT2D eigenvalue weighted by atomic mass is 9.99. The number of carbonyl (C=O) groups is 1. The summed E-state index contributed by atoms with van der Waals surface area (Å²) in [6.45, 7) is 0.533. The quantitative estimate of drug-likeness (QED) is 0.909. The van der Waals surface area contributed by atoms with E-state index in [1.807, 2.05) is 0 Å². The Morgan fingerprint density at radius 1 is 1.17 bits per heavy atom. The van der Waals surface area contributed by atoms with Gasteiger partial charge in [-0.1, -0.05) is 0 Å². The molecule has 9 heteroatoms. The van der Waals surface area contributed by atoms with Gasteiger partial charge in [0, 0.05) is 13.1 Å². The fourth-order valence-corrected chi connectivity index (χ4v) is 4.25. The van der Waals surface area contributed by atoms with Gasteiger partial charge in [-0.3, -0.25) is 0 Å². The SMILES string of the molecule is O=C(O)N1CCC(CS(=O)(=O)c2ccc(C(F)(F)F)cc2)CC1. The normalized spacial score (nSPS) is 17.3. The summed E-state index contributed by atoms with van der Waals surface area (Å²) in [4.78, 5) is 11.9. The summed E-state index contributed by atoms with van der Waals surface area (Å²) in [7, 11) is -3.69. The fraction of sp³-hybridized carbons (Fsp3) is 0.500. The fourth-order valence-electron chi connectivity index (χ4n) is 2.55. The highest BCUT2D eigenvalue weighted by Crippen LogP contribution is 2.30. The summed E-state index contributed by atoms with van der Waals surface area (Å²) in [5.74, 6) is -0.385. The lowest BCUT2D eigenvalue weighted by molar-refractivity contribution is -0.137. The first-order valence-corrected chi connectivity index (χ1v) is 8.63. The minimum atomic E-state index is -4.51. The minimum absolute atomic E-state index is 0.147. The van der Waals surface area contributed by atoms with Crippen LogP contribution in [0.15, 0.2) is 29.2 Å². The summed E-state index contributed by atoms with van der Waals surface area (Å²) in [6.07, 6.45) is -4.70. The number of hydrogen-bond acceptors (Lipinski definition) is 3. The molecule has 1 aliphatic rings. The van der Waals surface area contributed by atoms with Crippen molar-refractivity contribution < 1.29 is 31.5 Å². The molecule has 1 aromatic rings. The number of hydrogen-bond donors (Lipinski definition) is 1. The van der Waals surface area contributed by atoms with Gasteiger partial charge in [-0.15, -0.1) is 0 Å². The van der Waals surface area contributed by atoms with Gasteiger partial charge in [-0.2, -0.15) is 13.2 Å². The third-order valence-corrected chi connectivity index (χ3v) is 5.78. The van der Waals surface area contributed by atoms with Crippen LogP contribution in [-0.4, -0.2) is 43.4 Å². The van der Waals surface area contributed by atoms with Crippen LogP contribution in [-0.2, 0) is 16.0 Å². The van der Waals surface area contributed by atoms with Crippen molar-refractivity contribution in [2.45, 2.75) is 23.9 Å². The third kappa shape index (κ3) is 4.37. The number of nitrogens with zero attached hydrogens (tertiary/aromatic N) is 1. The van der Waals surface area contributed by atoms with Crippen molar-refractivity contribution >= 4 is 15.9 Å². The molecule has 128 valence electrons. The number of halogens is 3. The molecule has 2 rings (SSSR count). The van der Waals surface area contributed by atoms with Gasteiger partial charge in [-0.05, 0) is 43.0 Å².